The molecule has 1 atom stereocenters. The minimum atomic E-state index is -4.49. The summed E-state index contributed by atoms with van der Waals surface area (Å²) in [4.78, 5) is 36.5. The van der Waals surface area contributed by atoms with Crippen LogP contribution in [-0.4, -0.2) is 49.4 Å². The minimum absolute atomic E-state index is 0.00607. The van der Waals surface area contributed by atoms with Crippen LogP contribution in [0.5, 0.6) is 0 Å². The molecule has 1 aromatic carbocycles. The van der Waals surface area contributed by atoms with E-state index in [-0.39, 0.29) is 31.1 Å². The van der Waals surface area contributed by atoms with E-state index < -0.39 is 29.5 Å². The zero-order valence-electron chi connectivity index (χ0n) is 14.7. The highest BCUT2D eigenvalue weighted by atomic mass is 19.4. The van der Waals surface area contributed by atoms with Gasteiger partial charge in [-0.15, -0.1) is 0 Å². The van der Waals surface area contributed by atoms with E-state index in [1.54, 1.807) is 6.92 Å². The smallest absolute Gasteiger partial charge is 0.416 e. The van der Waals surface area contributed by atoms with Gasteiger partial charge in [0.1, 0.15) is 0 Å². The van der Waals surface area contributed by atoms with Gasteiger partial charge in [-0.05, 0) is 24.3 Å². The molecule has 1 aromatic rings. The Labute approximate surface area is 149 Å². The van der Waals surface area contributed by atoms with Gasteiger partial charge in [0.2, 0.25) is 5.91 Å². The van der Waals surface area contributed by atoms with E-state index in [9.17, 15) is 27.6 Å². The molecular formula is C17H21F3N2O4. The van der Waals surface area contributed by atoms with Gasteiger partial charge in [-0.2, -0.15) is 13.2 Å². The number of rotatable bonds is 7. The molecule has 1 N–H and O–H groups in total. The molecule has 0 aliphatic carbocycles. The van der Waals surface area contributed by atoms with Gasteiger partial charge in [0.15, 0.2) is 0 Å². The van der Waals surface area contributed by atoms with Crippen molar-refractivity contribution in [2.24, 2.45) is 5.92 Å². The minimum Gasteiger partial charge on any atom is -0.469 e. The molecule has 1 rings (SSSR count). The second kappa shape index (κ2) is 9.21. The number of hydrogen-bond donors (Lipinski definition) is 1. The summed E-state index contributed by atoms with van der Waals surface area (Å²) in [6.45, 7) is 3.14. The lowest BCUT2D eigenvalue weighted by atomic mass is 10.1. The van der Waals surface area contributed by atoms with Gasteiger partial charge in [-0.25, -0.2) is 0 Å². The Hall–Kier alpha value is -2.58. The van der Waals surface area contributed by atoms with Crippen molar-refractivity contribution in [2.45, 2.75) is 20.0 Å². The van der Waals surface area contributed by atoms with Crippen molar-refractivity contribution in [1.82, 2.24) is 10.2 Å². The van der Waals surface area contributed by atoms with Gasteiger partial charge in [-0.3, -0.25) is 14.4 Å². The van der Waals surface area contributed by atoms with Crippen LogP contribution >= 0.6 is 0 Å². The van der Waals surface area contributed by atoms with Crippen LogP contribution in [-0.2, 0) is 20.5 Å². The van der Waals surface area contributed by atoms with Gasteiger partial charge >= 0.3 is 12.1 Å². The molecule has 0 radical (unpaired) electrons. The number of carbonyl (C=O) groups excluding carboxylic acids is 3. The van der Waals surface area contributed by atoms with Gasteiger partial charge in [-0.1, -0.05) is 6.92 Å². The lowest BCUT2D eigenvalue weighted by Crippen LogP contribution is -2.41. The van der Waals surface area contributed by atoms with E-state index in [0.29, 0.717) is 0 Å². The molecule has 9 heteroatoms. The second-order valence-corrected chi connectivity index (χ2v) is 5.73. The number of halogens is 3. The first-order chi connectivity index (χ1) is 12.1. The third kappa shape index (κ3) is 6.38. The number of nitrogens with one attached hydrogen (secondary N) is 1. The Morgan fingerprint density at radius 3 is 2.23 bits per heavy atom. The molecule has 0 saturated carbocycles. The summed E-state index contributed by atoms with van der Waals surface area (Å²) in [6.07, 6.45) is -4.49. The van der Waals surface area contributed by atoms with E-state index in [1.165, 1.54) is 18.9 Å². The van der Waals surface area contributed by atoms with Gasteiger partial charge < -0.3 is 15.0 Å². The van der Waals surface area contributed by atoms with Crippen LogP contribution in [0.3, 0.4) is 0 Å². The van der Waals surface area contributed by atoms with Crippen LogP contribution in [0.2, 0.25) is 0 Å². The fourth-order valence-electron chi connectivity index (χ4n) is 2.23. The number of carbonyl (C=O) groups is 3. The normalized spacial score (nSPS) is 12.2. The van der Waals surface area contributed by atoms with Crippen molar-refractivity contribution < 1.29 is 32.3 Å². The quantitative estimate of drug-likeness (QED) is 0.742. The lowest BCUT2D eigenvalue weighted by Gasteiger charge is -2.25. The molecule has 0 spiro atoms. The average molecular weight is 374 g/mol. The first-order valence-electron chi connectivity index (χ1n) is 7.85. The number of alkyl halides is 3. The monoisotopic (exact) mass is 374 g/mol. The van der Waals surface area contributed by atoms with Crippen molar-refractivity contribution in [1.29, 1.82) is 0 Å². The van der Waals surface area contributed by atoms with E-state index in [1.807, 2.05) is 0 Å². The number of ether oxygens (including phenoxy) is 1. The molecular weight excluding hydrogens is 353 g/mol. The molecule has 2 amide bonds. The molecule has 26 heavy (non-hydrogen) atoms. The van der Waals surface area contributed by atoms with Gasteiger partial charge in [0, 0.05) is 32.1 Å². The summed E-state index contributed by atoms with van der Waals surface area (Å²) in [5, 5.41) is 2.53. The van der Waals surface area contributed by atoms with Gasteiger partial charge in [0.05, 0.1) is 18.6 Å². The maximum absolute atomic E-state index is 12.6. The Bertz CT molecular complexity index is 644. The van der Waals surface area contributed by atoms with Crippen LogP contribution in [0.1, 0.15) is 29.8 Å². The summed E-state index contributed by atoms with van der Waals surface area (Å²) >= 11 is 0. The molecule has 0 saturated heterocycles. The van der Waals surface area contributed by atoms with Crippen LogP contribution in [0.15, 0.2) is 24.3 Å². The van der Waals surface area contributed by atoms with Crippen molar-refractivity contribution in [3.05, 3.63) is 35.4 Å². The molecule has 0 aliphatic rings. The molecule has 144 valence electrons. The van der Waals surface area contributed by atoms with E-state index >= 15 is 0 Å². The largest absolute Gasteiger partial charge is 0.469 e. The maximum atomic E-state index is 12.6. The van der Waals surface area contributed by atoms with Crippen molar-refractivity contribution in [3.8, 4) is 0 Å². The Morgan fingerprint density at radius 1 is 1.19 bits per heavy atom. The maximum Gasteiger partial charge on any atom is 0.416 e. The molecule has 0 aromatic heterocycles. The molecule has 6 nitrogen and oxygen atoms in total. The highest BCUT2D eigenvalue weighted by molar-refractivity contribution is 5.94. The Morgan fingerprint density at radius 2 is 1.77 bits per heavy atom. The van der Waals surface area contributed by atoms with Crippen LogP contribution in [0.4, 0.5) is 13.2 Å². The summed E-state index contributed by atoms with van der Waals surface area (Å²) in [5.41, 5.74) is -0.806. The zero-order chi connectivity index (χ0) is 19.9. The zero-order valence-corrected chi connectivity index (χ0v) is 14.7. The number of nitrogens with zero attached hydrogens (tertiary/aromatic N) is 1. The molecule has 0 unspecified atom stereocenters. The number of hydrogen-bond acceptors (Lipinski definition) is 4. The summed E-state index contributed by atoms with van der Waals surface area (Å²) in [7, 11) is 1.22. The Kier molecular flexibility index (Phi) is 7.60. The lowest BCUT2D eigenvalue weighted by molar-refractivity contribution is -0.145. The first-order valence-corrected chi connectivity index (χ1v) is 7.85. The molecule has 0 fully saturated rings. The topological polar surface area (TPSA) is 75.7 Å². The Balaban J connectivity index is 2.94. The van der Waals surface area contributed by atoms with Crippen molar-refractivity contribution >= 4 is 17.8 Å². The number of amides is 2. The predicted octanol–water partition coefficient (Wildman–Crippen LogP) is 2.09. The second-order valence-electron chi connectivity index (χ2n) is 5.73. The van der Waals surface area contributed by atoms with E-state index in [0.717, 1.165) is 24.3 Å². The van der Waals surface area contributed by atoms with Crippen LogP contribution < -0.4 is 5.32 Å². The van der Waals surface area contributed by atoms with Crippen LogP contribution in [0.25, 0.3) is 0 Å². The van der Waals surface area contributed by atoms with Gasteiger partial charge in [0.25, 0.3) is 5.91 Å². The third-order valence-electron chi connectivity index (χ3n) is 3.60. The van der Waals surface area contributed by atoms with Crippen molar-refractivity contribution in [2.75, 3.05) is 26.7 Å². The van der Waals surface area contributed by atoms with Crippen molar-refractivity contribution in [3.63, 3.8) is 0 Å². The van der Waals surface area contributed by atoms with E-state index in [4.69, 9.17) is 0 Å². The first kappa shape index (κ1) is 21.5. The summed E-state index contributed by atoms with van der Waals surface area (Å²) in [6, 6.07) is 3.81. The fraction of sp³-hybridized carbons (Fsp3) is 0.471. The fourth-order valence-corrected chi connectivity index (χ4v) is 2.23. The van der Waals surface area contributed by atoms with E-state index in [2.05, 4.69) is 10.1 Å². The average Bonchev–Trinajstić information content (AvgIpc) is 2.58. The predicted molar refractivity (Wildman–Crippen MR) is 87.2 cm³/mol. The SMILES string of the molecule is COC(=O)[C@@H](C)CN(CCNC(C)=O)C(=O)c1ccc(C(F)(F)F)cc1. The number of esters is 1. The van der Waals surface area contributed by atoms with Crippen LogP contribution in [0, 0.1) is 5.92 Å². The molecule has 0 aliphatic heterocycles. The number of methoxy groups -OCH3 is 1. The molecule has 0 bridgehead atoms. The molecule has 0 heterocycles. The third-order valence-corrected chi connectivity index (χ3v) is 3.60. The highest BCUT2D eigenvalue weighted by Gasteiger charge is 2.30. The summed E-state index contributed by atoms with van der Waals surface area (Å²) in [5.74, 6) is -1.97. The highest BCUT2D eigenvalue weighted by Crippen LogP contribution is 2.29. The summed E-state index contributed by atoms with van der Waals surface area (Å²) < 4.78 is 42.5. The number of benzene rings is 1. The standard InChI is InChI=1S/C17H21F3N2O4/c1-11(16(25)26-3)10-22(9-8-21-12(2)23)15(24)13-4-6-14(7-5-13)17(18,19)20/h4-7,11H,8-10H2,1-3H3,(H,21,23)/t11-/m0/s1.